The Morgan fingerprint density at radius 2 is 1.68 bits per heavy atom. The molecule has 9 heteroatoms. The van der Waals surface area contributed by atoms with E-state index in [-0.39, 0.29) is 22.9 Å². The maximum Gasteiger partial charge on any atom is 0.281 e. The lowest BCUT2D eigenvalue weighted by molar-refractivity contribution is 0.0711. The van der Waals surface area contributed by atoms with Gasteiger partial charge < -0.3 is 9.88 Å². The van der Waals surface area contributed by atoms with Crippen molar-refractivity contribution in [1.29, 1.82) is 0 Å². The lowest BCUT2D eigenvalue weighted by Crippen LogP contribution is -2.38. The van der Waals surface area contributed by atoms with Crippen LogP contribution in [0.3, 0.4) is 0 Å². The molecule has 1 aliphatic heterocycles. The Labute approximate surface area is 223 Å². The number of nitrogens with zero attached hydrogens (tertiary/aromatic N) is 5. The van der Waals surface area contributed by atoms with Crippen molar-refractivity contribution in [3.8, 4) is 11.1 Å². The summed E-state index contributed by atoms with van der Waals surface area (Å²) in [5.41, 5.74) is 4.16. The summed E-state index contributed by atoms with van der Waals surface area (Å²) in [6.07, 6.45) is 1.41. The van der Waals surface area contributed by atoms with Crippen LogP contribution in [0, 0.1) is 0 Å². The van der Waals surface area contributed by atoms with Gasteiger partial charge in [0, 0.05) is 29.6 Å². The predicted molar refractivity (Wildman–Crippen MR) is 146 cm³/mol. The third-order valence-electron chi connectivity index (χ3n) is 7.02. The number of hydrogen-bond acceptors (Lipinski definition) is 5. The summed E-state index contributed by atoms with van der Waals surface area (Å²) in [7, 11) is 0. The number of aromatic amines is 1. The molecule has 1 amide bonds. The molecular formula is C29H25ClN6O2. The van der Waals surface area contributed by atoms with E-state index in [2.05, 4.69) is 27.4 Å². The molecular weight excluding hydrogens is 500 g/mol. The topological polar surface area (TPSA) is 96.8 Å². The first-order valence-electron chi connectivity index (χ1n) is 12.6. The number of carbonyl (C=O) groups is 1. The Hall–Kier alpha value is -4.30. The van der Waals surface area contributed by atoms with Gasteiger partial charge in [-0.15, -0.1) is 5.10 Å². The number of H-pyrrole nitrogens is 1. The first kappa shape index (κ1) is 24.1. The molecule has 190 valence electrons. The highest BCUT2D eigenvalue weighted by Crippen LogP contribution is 2.27. The average Bonchev–Trinajstić information content (AvgIpc) is 3.36. The summed E-state index contributed by atoms with van der Waals surface area (Å²) in [6.45, 7) is 1.58. The highest BCUT2D eigenvalue weighted by molar-refractivity contribution is 6.30. The van der Waals surface area contributed by atoms with E-state index in [1.54, 1.807) is 4.68 Å². The van der Waals surface area contributed by atoms with Crippen LogP contribution >= 0.6 is 11.6 Å². The van der Waals surface area contributed by atoms with Gasteiger partial charge in [0.15, 0.2) is 11.2 Å². The van der Waals surface area contributed by atoms with E-state index < -0.39 is 0 Å². The second kappa shape index (κ2) is 10.2. The van der Waals surface area contributed by atoms with Gasteiger partial charge >= 0.3 is 0 Å². The summed E-state index contributed by atoms with van der Waals surface area (Å²) in [6, 6.07) is 25.3. The van der Waals surface area contributed by atoms with E-state index in [4.69, 9.17) is 16.6 Å². The van der Waals surface area contributed by atoms with E-state index in [1.807, 2.05) is 71.6 Å². The van der Waals surface area contributed by atoms with Gasteiger partial charge in [0.05, 0.1) is 6.54 Å². The highest BCUT2D eigenvalue weighted by atomic mass is 35.5. The molecule has 8 nitrogen and oxygen atoms in total. The zero-order valence-corrected chi connectivity index (χ0v) is 21.3. The Morgan fingerprint density at radius 3 is 2.42 bits per heavy atom. The molecule has 1 fully saturated rings. The molecule has 1 saturated heterocycles. The summed E-state index contributed by atoms with van der Waals surface area (Å²) < 4.78 is 1.62. The van der Waals surface area contributed by atoms with Crippen molar-refractivity contribution in [1.82, 2.24) is 29.9 Å². The number of hydrogen-bond donors (Lipinski definition) is 1. The van der Waals surface area contributed by atoms with E-state index in [1.165, 1.54) is 0 Å². The highest BCUT2D eigenvalue weighted by Gasteiger charge is 2.27. The SMILES string of the molecule is O=C(c1ccc(-c2ccccc2)cc1)N1CCC(c2nc3c(nnn3Cc3cccc(Cl)c3)c(=O)[nH]2)CC1. The molecule has 0 bridgehead atoms. The molecule has 2 aromatic heterocycles. The van der Waals surface area contributed by atoms with Crippen LogP contribution < -0.4 is 5.56 Å². The minimum atomic E-state index is -0.306. The van der Waals surface area contributed by atoms with Crippen LogP contribution in [0.25, 0.3) is 22.3 Å². The van der Waals surface area contributed by atoms with Crippen LogP contribution in [0.5, 0.6) is 0 Å². The van der Waals surface area contributed by atoms with Crippen molar-refractivity contribution in [3.05, 3.63) is 111 Å². The average molecular weight is 525 g/mol. The number of fused-ring (bicyclic) bond motifs is 1. The van der Waals surface area contributed by atoms with Crippen molar-refractivity contribution in [2.45, 2.75) is 25.3 Å². The molecule has 3 aromatic carbocycles. The van der Waals surface area contributed by atoms with Crippen LogP contribution in [-0.2, 0) is 6.54 Å². The Morgan fingerprint density at radius 1 is 0.947 bits per heavy atom. The minimum Gasteiger partial charge on any atom is -0.339 e. The summed E-state index contributed by atoms with van der Waals surface area (Å²) >= 11 is 6.12. The number of piperidine rings is 1. The monoisotopic (exact) mass is 524 g/mol. The molecule has 0 spiro atoms. The lowest BCUT2D eigenvalue weighted by Gasteiger charge is -2.31. The van der Waals surface area contributed by atoms with E-state index in [0.29, 0.717) is 54.5 Å². The Bertz CT molecular complexity index is 1650. The normalized spacial score (nSPS) is 14.2. The van der Waals surface area contributed by atoms with Gasteiger partial charge in [0.1, 0.15) is 5.82 Å². The molecule has 0 atom stereocenters. The molecule has 6 rings (SSSR count). The number of benzene rings is 3. The van der Waals surface area contributed by atoms with Gasteiger partial charge in [0.25, 0.3) is 11.5 Å². The number of rotatable bonds is 5. The number of halogens is 1. The van der Waals surface area contributed by atoms with Crippen LogP contribution in [0.2, 0.25) is 5.02 Å². The fraction of sp³-hybridized carbons (Fsp3) is 0.207. The molecule has 3 heterocycles. The van der Waals surface area contributed by atoms with Crippen molar-refractivity contribution < 1.29 is 4.79 Å². The molecule has 0 aliphatic carbocycles. The second-order valence-electron chi connectivity index (χ2n) is 9.51. The Balaban J connectivity index is 1.15. The smallest absolute Gasteiger partial charge is 0.281 e. The molecule has 38 heavy (non-hydrogen) atoms. The van der Waals surface area contributed by atoms with Gasteiger partial charge in [-0.2, -0.15) is 0 Å². The third kappa shape index (κ3) is 4.82. The van der Waals surface area contributed by atoms with Gasteiger partial charge in [-0.25, -0.2) is 9.67 Å². The van der Waals surface area contributed by atoms with E-state index in [9.17, 15) is 9.59 Å². The van der Waals surface area contributed by atoms with Crippen LogP contribution in [0.15, 0.2) is 83.7 Å². The quantitative estimate of drug-likeness (QED) is 0.352. The van der Waals surface area contributed by atoms with Gasteiger partial charge in [-0.1, -0.05) is 71.4 Å². The number of carbonyl (C=O) groups excluding carboxylic acids is 1. The first-order chi connectivity index (χ1) is 18.5. The fourth-order valence-corrected chi connectivity index (χ4v) is 5.18. The molecule has 1 N–H and O–H groups in total. The zero-order chi connectivity index (χ0) is 26.1. The lowest BCUT2D eigenvalue weighted by atomic mass is 9.95. The van der Waals surface area contributed by atoms with Gasteiger partial charge in [-0.3, -0.25) is 9.59 Å². The summed E-state index contributed by atoms with van der Waals surface area (Å²) in [5.74, 6) is 0.659. The van der Waals surface area contributed by atoms with Crippen molar-refractivity contribution >= 4 is 28.7 Å². The molecule has 1 aliphatic rings. The molecule has 0 unspecified atom stereocenters. The minimum absolute atomic E-state index is 0.0174. The fourth-order valence-electron chi connectivity index (χ4n) is 4.97. The molecule has 0 radical (unpaired) electrons. The standard InChI is InChI=1S/C29H25ClN6O2/c30-24-8-4-5-19(17-24)18-36-27-25(33-34-36)28(37)32-26(31-27)22-13-15-35(16-14-22)29(38)23-11-9-21(10-12-23)20-6-2-1-3-7-20/h1-12,17,22H,13-16,18H2,(H,31,32,37). The summed E-state index contributed by atoms with van der Waals surface area (Å²) in [5, 5.41) is 8.82. The number of aromatic nitrogens is 5. The second-order valence-corrected chi connectivity index (χ2v) is 9.95. The predicted octanol–water partition coefficient (Wildman–Crippen LogP) is 4.90. The first-order valence-corrected chi connectivity index (χ1v) is 13.0. The summed E-state index contributed by atoms with van der Waals surface area (Å²) in [4.78, 5) is 35.4. The maximum absolute atomic E-state index is 13.2. The molecule has 5 aromatic rings. The van der Waals surface area contributed by atoms with Crippen LogP contribution in [0.4, 0.5) is 0 Å². The van der Waals surface area contributed by atoms with Crippen molar-refractivity contribution in [3.63, 3.8) is 0 Å². The van der Waals surface area contributed by atoms with Crippen LogP contribution in [-0.4, -0.2) is 48.9 Å². The van der Waals surface area contributed by atoms with Crippen molar-refractivity contribution in [2.75, 3.05) is 13.1 Å². The third-order valence-corrected chi connectivity index (χ3v) is 7.26. The van der Waals surface area contributed by atoms with Crippen molar-refractivity contribution in [2.24, 2.45) is 0 Å². The molecule has 0 saturated carbocycles. The number of likely N-dealkylation sites (tertiary alicyclic amines) is 1. The number of amides is 1. The van der Waals surface area contributed by atoms with Gasteiger partial charge in [0.2, 0.25) is 0 Å². The largest absolute Gasteiger partial charge is 0.339 e. The van der Waals surface area contributed by atoms with E-state index >= 15 is 0 Å². The van der Waals surface area contributed by atoms with Crippen LogP contribution in [0.1, 0.15) is 40.5 Å². The zero-order valence-electron chi connectivity index (χ0n) is 20.5. The van der Waals surface area contributed by atoms with Gasteiger partial charge in [-0.05, 0) is 53.8 Å². The van der Waals surface area contributed by atoms with E-state index in [0.717, 1.165) is 16.7 Å². The maximum atomic E-state index is 13.2. The Kier molecular flexibility index (Phi) is 6.47. The number of nitrogens with one attached hydrogen (secondary N) is 1.